The Hall–Kier alpha value is -1.43. The fourth-order valence-corrected chi connectivity index (χ4v) is 3.38. The molecule has 1 unspecified atom stereocenters. The van der Waals surface area contributed by atoms with Gasteiger partial charge in [0.1, 0.15) is 5.01 Å². The van der Waals surface area contributed by atoms with Crippen molar-refractivity contribution in [3.05, 3.63) is 39.2 Å². The molecule has 2 aromatic rings. The van der Waals surface area contributed by atoms with Gasteiger partial charge in [0.2, 0.25) is 0 Å². The summed E-state index contributed by atoms with van der Waals surface area (Å²) in [7, 11) is 0. The maximum atomic E-state index is 10.5. The lowest BCUT2D eigenvalue weighted by Crippen LogP contribution is -2.19. The average Bonchev–Trinajstić information content (AvgIpc) is 2.89. The first-order valence-electron chi connectivity index (χ1n) is 7.66. The van der Waals surface area contributed by atoms with Crippen molar-refractivity contribution in [2.24, 2.45) is 0 Å². The van der Waals surface area contributed by atoms with Crippen LogP contribution < -0.4 is 5.32 Å². The van der Waals surface area contributed by atoms with E-state index in [0.717, 1.165) is 34.3 Å². The molecule has 0 saturated heterocycles. The molecule has 0 amide bonds. The Morgan fingerprint density at radius 1 is 1.35 bits per heavy atom. The molecule has 0 bridgehead atoms. The van der Waals surface area contributed by atoms with E-state index in [0.29, 0.717) is 6.42 Å². The van der Waals surface area contributed by atoms with E-state index in [1.54, 1.807) is 11.3 Å². The quantitative estimate of drug-likeness (QED) is 0.677. The monoisotopic (exact) mass is 352 g/mol. The van der Waals surface area contributed by atoms with E-state index in [1.165, 1.54) is 4.88 Å². The minimum atomic E-state index is -0.735. The van der Waals surface area contributed by atoms with Gasteiger partial charge in [-0.1, -0.05) is 23.7 Å². The lowest BCUT2D eigenvalue weighted by atomic mass is 10.1. The topological polar surface area (TPSA) is 62.2 Å². The van der Waals surface area contributed by atoms with Crippen molar-refractivity contribution >= 4 is 28.9 Å². The van der Waals surface area contributed by atoms with Gasteiger partial charge >= 0.3 is 5.97 Å². The number of benzene rings is 1. The Kier molecular flexibility index (Phi) is 6.57. The van der Waals surface area contributed by atoms with Gasteiger partial charge in [-0.05, 0) is 45.4 Å². The number of aliphatic carboxylic acids is 1. The molecule has 0 aliphatic carbocycles. The second-order valence-corrected chi connectivity index (χ2v) is 7.16. The van der Waals surface area contributed by atoms with Gasteiger partial charge in [0.25, 0.3) is 0 Å². The summed E-state index contributed by atoms with van der Waals surface area (Å²) in [6, 6.07) is 7.87. The molecule has 1 aromatic carbocycles. The average molecular weight is 353 g/mol. The maximum Gasteiger partial charge on any atom is 0.303 e. The predicted molar refractivity (Wildman–Crippen MR) is 95.2 cm³/mol. The molecule has 0 aliphatic rings. The molecule has 4 nitrogen and oxygen atoms in total. The van der Waals surface area contributed by atoms with Crippen LogP contribution in [0.25, 0.3) is 11.3 Å². The van der Waals surface area contributed by atoms with Crippen LogP contribution in [-0.4, -0.2) is 22.6 Å². The summed E-state index contributed by atoms with van der Waals surface area (Å²) in [5.74, 6) is -0.735. The van der Waals surface area contributed by atoms with Crippen molar-refractivity contribution in [2.75, 3.05) is 6.54 Å². The number of unbranched alkanes of at least 4 members (excludes halogenated alkanes) is 1. The second kappa shape index (κ2) is 8.43. The molecule has 23 heavy (non-hydrogen) atoms. The number of nitrogens with zero attached hydrogens (tertiary/aromatic N) is 1. The van der Waals surface area contributed by atoms with Gasteiger partial charge in [0, 0.05) is 21.9 Å². The van der Waals surface area contributed by atoms with Crippen LogP contribution in [0.1, 0.15) is 42.1 Å². The lowest BCUT2D eigenvalue weighted by molar-refractivity contribution is -0.137. The molecule has 2 N–H and O–H groups in total. The zero-order valence-electron chi connectivity index (χ0n) is 13.3. The van der Waals surface area contributed by atoms with E-state index >= 15 is 0 Å². The second-order valence-electron chi connectivity index (χ2n) is 5.49. The first-order valence-corrected chi connectivity index (χ1v) is 8.85. The molecule has 1 atom stereocenters. The number of aromatic nitrogens is 1. The normalized spacial score (nSPS) is 12.3. The number of carboxylic acid groups (broad SMARTS) is 1. The van der Waals surface area contributed by atoms with Crippen LogP contribution in [0.15, 0.2) is 24.3 Å². The molecule has 0 spiro atoms. The van der Waals surface area contributed by atoms with Gasteiger partial charge in [-0.25, -0.2) is 4.98 Å². The van der Waals surface area contributed by atoms with Crippen molar-refractivity contribution < 1.29 is 9.90 Å². The predicted octanol–water partition coefficient (Wildman–Crippen LogP) is 4.68. The van der Waals surface area contributed by atoms with Gasteiger partial charge < -0.3 is 10.4 Å². The van der Waals surface area contributed by atoms with Crippen molar-refractivity contribution in [1.29, 1.82) is 0 Å². The van der Waals surface area contributed by atoms with Gasteiger partial charge in [-0.3, -0.25) is 4.79 Å². The summed E-state index contributed by atoms with van der Waals surface area (Å²) in [5, 5.41) is 13.8. The summed E-state index contributed by atoms with van der Waals surface area (Å²) in [6.07, 6.45) is 1.78. The standard InChI is InChI=1S/C17H21ClN2O2S/c1-11(19-10-4-3-5-15(21)22)17-20-16(12(2)23-17)13-6-8-14(18)9-7-13/h6-9,11,19H,3-5,10H2,1-2H3,(H,21,22). The smallest absolute Gasteiger partial charge is 0.303 e. The van der Waals surface area contributed by atoms with Crippen LogP contribution in [0, 0.1) is 6.92 Å². The van der Waals surface area contributed by atoms with Crippen LogP contribution in [-0.2, 0) is 4.79 Å². The number of aryl methyl sites for hydroxylation is 1. The molecule has 1 aromatic heterocycles. The minimum Gasteiger partial charge on any atom is -0.481 e. The zero-order valence-corrected chi connectivity index (χ0v) is 14.9. The number of hydrogen-bond donors (Lipinski definition) is 2. The Morgan fingerprint density at radius 2 is 2.04 bits per heavy atom. The number of carbonyl (C=O) groups is 1. The van der Waals surface area contributed by atoms with Gasteiger partial charge in [-0.15, -0.1) is 11.3 Å². The highest BCUT2D eigenvalue weighted by Crippen LogP contribution is 2.31. The minimum absolute atomic E-state index is 0.157. The number of rotatable bonds is 8. The number of carboxylic acids is 1. The van der Waals surface area contributed by atoms with Crippen LogP contribution in [0.4, 0.5) is 0 Å². The first kappa shape index (κ1) is 17.9. The third-order valence-corrected chi connectivity index (χ3v) is 4.97. The Morgan fingerprint density at radius 3 is 2.70 bits per heavy atom. The molecule has 0 aliphatic heterocycles. The first-order chi connectivity index (χ1) is 11.0. The van der Waals surface area contributed by atoms with Crippen molar-refractivity contribution in [1.82, 2.24) is 10.3 Å². The van der Waals surface area contributed by atoms with Crippen LogP contribution in [0.3, 0.4) is 0 Å². The van der Waals surface area contributed by atoms with Crippen LogP contribution in [0.2, 0.25) is 5.02 Å². The molecule has 0 fully saturated rings. The third-order valence-electron chi connectivity index (χ3n) is 3.57. The van der Waals surface area contributed by atoms with E-state index in [9.17, 15) is 4.79 Å². The molecule has 2 rings (SSSR count). The summed E-state index contributed by atoms with van der Waals surface area (Å²) in [5.41, 5.74) is 2.07. The molecule has 1 heterocycles. The Balaban J connectivity index is 1.94. The Bertz CT molecular complexity index is 655. The molecular formula is C17H21ClN2O2S. The summed E-state index contributed by atoms with van der Waals surface area (Å²) in [4.78, 5) is 16.4. The SMILES string of the molecule is Cc1sc(C(C)NCCCCC(=O)O)nc1-c1ccc(Cl)cc1. The van der Waals surface area contributed by atoms with Crippen LogP contribution >= 0.6 is 22.9 Å². The van der Waals surface area contributed by atoms with E-state index in [-0.39, 0.29) is 12.5 Å². The van der Waals surface area contributed by atoms with Gasteiger partial charge in [-0.2, -0.15) is 0 Å². The fraction of sp³-hybridized carbons (Fsp3) is 0.412. The number of hydrogen-bond acceptors (Lipinski definition) is 4. The third kappa shape index (κ3) is 5.30. The van der Waals surface area contributed by atoms with Gasteiger partial charge in [0.15, 0.2) is 0 Å². The highest BCUT2D eigenvalue weighted by molar-refractivity contribution is 7.12. The fourth-order valence-electron chi connectivity index (χ4n) is 2.28. The molecule has 0 radical (unpaired) electrons. The van der Waals surface area contributed by atoms with Crippen molar-refractivity contribution in [2.45, 2.75) is 39.2 Å². The van der Waals surface area contributed by atoms with Gasteiger partial charge in [0.05, 0.1) is 11.7 Å². The number of thiazole rings is 1. The zero-order chi connectivity index (χ0) is 16.8. The summed E-state index contributed by atoms with van der Waals surface area (Å²) < 4.78 is 0. The van der Waals surface area contributed by atoms with E-state index in [1.807, 2.05) is 24.3 Å². The highest BCUT2D eigenvalue weighted by Gasteiger charge is 2.14. The van der Waals surface area contributed by atoms with E-state index in [2.05, 4.69) is 19.2 Å². The van der Waals surface area contributed by atoms with Crippen molar-refractivity contribution in [3.63, 3.8) is 0 Å². The summed E-state index contributed by atoms with van der Waals surface area (Å²) >= 11 is 7.62. The molecule has 124 valence electrons. The molecule has 0 saturated carbocycles. The molecular weight excluding hydrogens is 332 g/mol. The Labute approximate surface area is 145 Å². The molecule has 6 heteroatoms. The van der Waals surface area contributed by atoms with Crippen LogP contribution in [0.5, 0.6) is 0 Å². The van der Waals surface area contributed by atoms with E-state index in [4.69, 9.17) is 21.7 Å². The number of halogens is 1. The summed E-state index contributed by atoms with van der Waals surface area (Å²) in [6.45, 7) is 4.95. The largest absolute Gasteiger partial charge is 0.481 e. The highest BCUT2D eigenvalue weighted by atomic mass is 35.5. The number of nitrogens with one attached hydrogen (secondary N) is 1. The lowest BCUT2D eigenvalue weighted by Gasteiger charge is -2.10. The van der Waals surface area contributed by atoms with Crippen molar-refractivity contribution in [3.8, 4) is 11.3 Å². The maximum absolute atomic E-state index is 10.5. The van der Waals surface area contributed by atoms with E-state index < -0.39 is 5.97 Å².